The highest BCUT2D eigenvalue weighted by atomic mass is 79.9. The van der Waals surface area contributed by atoms with Crippen LogP contribution in [0.2, 0.25) is 0 Å². The minimum atomic E-state index is -0.447. The monoisotopic (exact) mass is 414 g/mol. The van der Waals surface area contributed by atoms with Gasteiger partial charge in [0.15, 0.2) is 0 Å². The average Bonchev–Trinajstić information content (AvgIpc) is 3.02. The van der Waals surface area contributed by atoms with E-state index in [2.05, 4.69) is 28.2 Å². The molecule has 1 aliphatic heterocycles. The quantitative estimate of drug-likeness (QED) is 0.794. The Bertz CT molecular complexity index is 824. The first-order valence-electron chi connectivity index (χ1n) is 9.22. The van der Waals surface area contributed by atoms with Crippen LogP contribution in [0.25, 0.3) is 0 Å². The molecular formula is C21H23BrN2O2. The molecule has 2 aromatic rings. The van der Waals surface area contributed by atoms with Crippen molar-refractivity contribution in [2.45, 2.75) is 37.8 Å². The Morgan fingerprint density at radius 1 is 1.23 bits per heavy atom. The van der Waals surface area contributed by atoms with Crippen LogP contribution in [0.5, 0.6) is 0 Å². The van der Waals surface area contributed by atoms with Crippen LogP contribution in [-0.2, 0) is 0 Å². The van der Waals surface area contributed by atoms with Crippen molar-refractivity contribution in [3.05, 3.63) is 63.6 Å². The third kappa shape index (κ3) is 2.88. The third-order valence-electron chi connectivity index (χ3n) is 5.41. The lowest BCUT2D eigenvalue weighted by molar-refractivity contribution is 0.0960. The number of aliphatic hydroxyl groups excluding tert-OH is 1. The van der Waals surface area contributed by atoms with Crippen molar-refractivity contribution in [2.24, 2.45) is 0 Å². The van der Waals surface area contributed by atoms with Crippen LogP contribution in [0, 0.1) is 0 Å². The van der Waals surface area contributed by atoms with Gasteiger partial charge in [-0.1, -0.05) is 41.1 Å². The Labute approximate surface area is 162 Å². The highest BCUT2D eigenvalue weighted by Crippen LogP contribution is 2.50. The largest absolute Gasteiger partial charge is 0.391 e. The van der Waals surface area contributed by atoms with Crippen LogP contribution in [0.3, 0.4) is 0 Å². The van der Waals surface area contributed by atoms with E-state index in [1.807, 2.05) is 47.4 Å². The summed E-state index contributed by atoms with van der Waals surface area (Å²) in [5, 5.41) is 14.2. The molecule has 2 aliphatic rings. The van der Waals surface area contributed by atoms with Crippen LogP contribution < -0.4 is 10.2 Å². The summed E-state index contributed by atoms with van der Waals surface area (Å²) in [6.07, 6.45) is 1.24. The molecule has 0 spiro atoms. The second-order valence-corrected chi connectivity index (χ2v) is 7.96. The fourth-order valence-corrected chi connectivity index (χ4v) is 4.86. The van der Waals surface area contributed by atoms with E-state index in [0.29, 0.717) is 18.5 Å². The van der Waals surface area contributed by atoms with E-state index in [0.717, 1.165) is 28.7 Å². The zero-order valence-corrected chi connectivity index (χ0v) is 16.4. The first-order valence-corrected chi connectivity index (χ1v) is 10.0. The van der Waals surface area contributed by atoms with E-state index < -0.39 is 6.10 Å². The maximum absolute atomic E-state index is 13.1. The summed E-state index contributed by atoms with van der Waals surface area (Å²) < 4.78 is 1.00. The number of hydrogen-bond donors (Lipinski definition) is 2. The van der Waals surface area contributed by atoms with Crippen LogP contribution in [0.4, 0.5) is 5.69 Å². The lowest BCUT2D eigenvalue weighted by atomic mass is 9.79. The molecule has 4 nitrogen and oxygen atoms in total. The summed E-state index contributed by atoms with van der Waals surface area (Å²) in [6.45, 7) is 3.61. The van der Waals surface area contributed by atoms with Gasteiger partial charge in [-0.05, 0) is 54.8 Å². The normalized spacial score (nSPS) is 23.8. The van der Waals surface area contributed by atoms with Crippen molar-refractivity contribution in [1.29, 1.82) is 0 Å². The van der Waals surface area contributed by atoms with Crippen LogP contribution in [0.15, 0.2) is 46.9 Å². The molecule has 0 bridgehead atoms. The predicted octanol–water partition coefficient (Wildman–Crippen LogP) is 4.00. The number of halogens is 1. The number of carbonyl (C=O) groups is 1. The molecule has 0 radical (unpaired) electrons. The number of nitrogens with zero attached hydrogens (tertiary/aromatic N) is 1. The summed E-state index contributed by atoms with van der Waals surface area (Å²) in [4.78, 5) is 14.9. The van der Waals surface area contributed by atoms with E-state index in [4.69, 9.17) is 0 Å². The van der Waals surface area contributed by atoms with Gasteiger partial charge in [0.25, 0.3) is 5.91 Å². The molecule has 26 heavy (non-hydrogen) atoms. The van der Waals surface area contributed by atoms with Crippen molar-refractivity contribution in [2.75, 3.05) is 18.0 Å². The van der Waals surface area contributed by atoms with E-state index in [1.165, 1.54) is 5.56 Å². The van der Waals surface area contributed by atoms with Crippen LogP contribution in [0.1, 0.15) is 53.2 Å². The fourth-order valence-electron chi connectivity index (χ4n) is 4.27. The van der Waals surface area contributed by atoms with Crippen molar-refractivity contribution >= 4 is 27.5 Å². The van der Waals surface area contributed by atoms with Gasteiger partial charge in [0, 0.05) is 28.2 Å². The molecule has 1 heterocycles. The zero-order chi connectivity index (χ0) is 18.3. The number of carbonyl (C=O) groups excluding carboxylic acids is 1. The van der Waals surface area contributed by atoms with Gasteiger partial charge in [0.2, 0.25) is 0 Å². The molecule has 1 amide bonds. The van der Waals surface area contributed by atoms with Crippen molar-refractivity contribution in [3.8, 4) is 0 Å². The standard InChI is InChI=1S/C21H23BrN2O2/c1-2-10-23-20-17(25)11-14-12-24(21(26)13-6-4-3-5-7-13)16-9-8-15(22)19(20)18(14)16/h3-9,14,17,20,23,25H,2,10-12H2,1H3. The minimum Gasteiger partial charge on any atom is -0.391 e. The number of rotatable bonds is 4. The van der Waals surface area contributed by atoms with Crippen LogP contribution in [-0.4, -0.2) is 30.2 Å². The summed E-state index contributed by atoms with van der Waals surface area (Å²) in [7, 11) is 0. The average molecular weight is 415 g/mol. The van der Waals surface area contributed by atoms with Crippen LogP contribution >= 0.6 is 15.9 Å². The van der Waals surface area contributed by atoms with Crippen molar-refractivity contribution in [3.63, 3.8) is 0 Å². The molecular weight excluding hydrogens is 392 g/mol. The molecule has 136 valence electrons. The molecule has 2 aromatic carbocycles. The molecule has 4 rings (SSSR count). The van der Waals surface area contributed by atoms with Gasteiger partial charge in [0.1, 0.15) is 0 Å². The Morgan fingerprint density at radius 2 is 2.00 bits per heavy atom. The number of nitrogens with one attached hydrogen (secondary N) is 1. The SMILES string of the molecule is CCCNC1c2c(Br)ccc3c2C(CC1O)CN3C(=O)c1ccccc1. The Hall–Kier alpha value is -1.69. The number of anilines is 1. The van der Waals surface area contributed by atoms with E-state index in [9.17, 15) is 9.90 Å². The molecule has 3 atom stereocenters. The van der Waals surface area contributed by atoms with Gasteiger partial charge in [-0.3, -0.25) is 4.79 Å². The molecule has 0 saturated carbocycles. The third-order valence-corrected chi connectivity index (χ3v) is 6.11. The lowest BCUT2D eigenvalue weighted by Crippen LogP contribution is -2.38. The Kier molecular flexibility index (Phi) is 4.86. The molecule has 0 fully saturated rings. The maximum atomic E-state index is 13.1. The highest BCUT2D eigenvalue weighted by Gasteiger charge is 2.43. The molecule has 1 aliphatic carbocycles. The van der Waals surface area contributed by atoms with Gasteiger partial charge in [-0.2, -0.15) is 0 Å². The molecule has 0 saturated heterocycles. The second kappa shape index (κ2) is 7.14. The number of amides is 1. The van der Waals surface area contributed by atoms with Crippen molar-refractivity contribution in [1.82, 2.24) is 5.32 Å². The highest BCUT2D eigenvalue weighted by molar-refractivity contribution is 9.10. The van der Waals surface area contributed by atoms with Gasteiger partial charge in [0.05, 0.1) is 12.1 Å². The Balaban J connectivity index is 1.76. The molecule has 0 aromatic heterocycles. The van der Waals surface area contributed by atoms with E-state index >= 15 is 0 Å². The Morgan fingerprint density at radius 3 is 2.73 bits per heavy atom. The van der Waals surface area contributed by atoms with Gasteiger partial charge < -0.3 is 15.3 Å². The topological polar surface area (TPSA) is 52.6 Å². The van der Waals surface area contributed by atoms with Gasteiger partial charge in [-0.15, -0.1) is 0 Å². The molecule has 5 heteroatoms. The summed E-state index contributed by atoms with van der Waals surface area (Å²) in [6, 6.07) is 13.3. The van der Waals surface area contributed by atoms with E-state index in [-0.39, 0.29) is 17.9 Å². The first-order chi connectivity index (χ1) is 12.6. The zero-order valence-electron chi connectivity index (χ0n) is 14.8. The van der Waals surface area contributed by atoms with E-state index in [1.54, 1.807) is 0 Å². The molecule has 2 N–H and O–H groups in total. The minimum absolute atomic E-state index is 0.0251. The predicted molar refractivity (Wildman–Crippen MR) is 107 cm³/mol. The second-order valence-electron chi connectivity index (χ2n) is 7.11. The number of benzene rings is 2. The molecule has 3 unspecified atom stereocenters. The first kappa shape index (κ1) is 17.7. The van der Waals surface area contributed by atoms with Gasteiger partial charge >= 0.3 is 0 Å². The van der Waals surface area contributed by atoms with Crippen molar-refractivity contribution < 1.29 is 9.90 Å². The summed E-state index contributed by atoms with van der Waals surface area (Å²) in [5.41, 5.74) is 4.01. The number of hydrogen-bond acceptors (Lipinski definition) is 3. The fraction of sp³-hybridized carbons (Fsp3) is 0.381. The smallest absolute Gasteiger partial charge is 0.258 e. The summed E-state index contributed by atoms with van der Waals surface area (Å²) >= 11 is 3.68. The maximum Gasteiger partial charge on any atom is 0.258 e. The van der Waals surface area contributed by atoms with Gasteiger partial charge in [-0.25, -0.2) is 0 Å². The summed E-state index contributed by atoms with van der Waals surface area (Å²) in [5.74, 6) is 0.205. The number of aliphatic hydroxyl groups is 1. The lowest BCUT2D eigenvalue weighted by Gasteiger charge is -2.34.